The predicted molar refractivity (Wildman–Crippen MR) is 125 cm³/mol. The van der Waals surface area contributed by atoms with Crippen LogP contribution in [0.3, 0.4) is 0 Å². The van der Waals surface area contributed by atoms with E-state index in [9.17, 15) is 0 Å². The fourth-order valence-corrected chi connectivity index (χ4v) is 7.03. The van der Waals surface area contributed by atoms with E-state index in [0.29, 0.717) is 38.5 Å². The topological polar surface area (TPSA) is 36.9 Å². The molecule has 168 valence electrons. The lowest BCUT2D eigenvalue weighted by Crippen LogP contribution is -2.37. The molecular weight excluding hydrogens is 431 g/mol. The van der Waals surface area contributed by atoms with Crippen molar-refractivity contribution in [3.8, 4) is 0 Å². The van der Waals surface area contributed by atoms with Gasteiger partial charge in [0, 0.05) is 38.5 Å². The lowest BCUT2D eigenvalue weighted by atomic mass is 10.4. The van der Waals surface area contributed by atoms with Crippen LogP contribution in [0.5, 0.6) is 0 Å². The number of hydrogen-bond donors (Lipinski definition) is 0. The van der Waals surface area contributed by atoms with Gasteiger partial charge in [-0.15, -0.1) is 0 Å². The minimum Gasteiger partial charge on any atom is -0.383 e. The van der Waals surface area contributed by atoms with Gasteiger partial charge in [0.2, 0.25) is 0 Å². The van der Waals surface area contributed by atoms with Crippen LogP contribution < -0.4 is 0 Å². The highest BCUT2D eigenvalue weighted by Gasteiger charge is 2.36. The highest BCUT2D eigenvalue weighted by atomic mass is 35.6. The van der Waals surface area contributed by atoms with Crippen LogP contribution in [0.1, 0.15) is 79.1 Å². The zero-order chi connectivity index (χ0) is 21.1. The quantitative estimate of drug-likeness (QED) is 0.0813. The summed E-state index contributed by atoms with van der Waals surface area (Å²) in [6.07, 6.45) is 12.4. The maximum Gasteiger partial charge on any atom is 0.447 e. The summed E-state index contributed by atoms with van der Waals surface area (Å²) in [5.74, 6) is 0. The Hall–Kier alpha value is 0.594. The molecule has 28 heavy (non-hydrogen) atoms. The standard InChI is InChI=1S/C20H42Cl2O4Si2/c1-5-9-15-23-27(21,24-16-10-6-2)19-13-14-20-28(22,25-17-11-7-3)26-18-12-8-4/h13-14H,5-12,15-20H2,1-4H3. The van der Waals surface area contributed by atoms with Gasteiger partial charge in [0.15, 0.2) is 0 Å². The van der Waals surface area contributed by atoms with Crippen molar-refractivity contribution in [3.05, 3.63) is 12.2 Å². The van der Waals surface area contributed by atoms with Crippen molar-refractivity contribution in [3.63, 3.8) is 0 Å². The van der Waals surface area contributed by atoms with Gasteiger partial charge < -0.3 is 17.7 Å². The highest BCUT2D eigenvalue weighted by Crippen LogP contribution is 2.24. The molecule has 4 nitrogen and oxygen atoms in total. The number of hydrogen-bond acceptors (Lipinski definition) is 4. The molecule has 0 saturated heterocycles. The third kappa shape index (κ3) is 15.4. The van der Waals surface area contributed by atoms with E-state index in [4.69, 9.17) is 39.9 Å². The SMILES string of the molecule is CCCCO[Si](Cl)(CC=CC[Si](Cl)(OCCCC)OCCCC)OCCCC. The van der Waals surface area contributed by atoms with E-state index in [1.807, 2.05) is 12.2 Å². The van der Waals surface area contributed by atoms with Crippen LogP contribution in [0.25, 0.3) is 0 Å². The average molecular weight is 474 g/mol. The Bertz CT molecular complexity index is 333. The second-order valence-electron chi connectivity index (χ2n) is 7.01. The van der Waals surface area contributed by atoms with Gasteiger partial charge in [0.1, 0.15) is 0 Å². The van der Waals surface area contributed by atoms with Crippen molar-refractivity contribution < 1.29 is 17.7 Å². The Morgan fingerprint density at radius 3 is 1.00 bits per heavy atom. The summed E-state index contributed by atoms with van der Waals surface area (Å²) in [7, 11) is -5.41. The van der Waals surface area contributed by atoms with Gasteiger partial charge in [0.05, 0.1) is 0 Å². The molecule has 0 aliphatic carbocycles. The van der Waals surface area contributed by atoms with Gasteiger partial charge in [-0.25, -0.2) is 0 Å². The third-order valence-electron chi connectivity index (χ3n) is 4.15. The maximum atomic E-state index is 6.72. The molecule has 0 aliphatic rings. The summed E-state index contributed by atoms with van der Waals surface area (Å²) >= 11 is 13.4. The Kier molecular flexibility index (Phi) is 18.8. The van der Waals surface area contributed by atoms with Gasteiger partial charge in [-0.05, 0) is 25.7 Å². The van der Waals surface area contributed by atoms with E-state index in [1.54, 1.807) is 0 Å². The van der Waals surface area contributed by atoms with Gasteiger partial charge >= 0.3 is 15.7 Å². The van der Waals surface area contributed by atoms with Crippen LogP contribution in [0.2, 0.25) is 12.1 Å². The van der Waals surface area contributed by atoms with E-state index >= 15 is 0 Å². The summed E-state index contributed by atoms with van der Waals surface area (Å²) in [5, 5.41) is 0. The molecule has 0 aromatic heterocycles. The smallest absolute Gasteiger partial charge is 0.383 e. The van der Waals surface area contributed by atoms with Crippen LogP contribution in [-0.4, -0.2) is 42.2 Å². The maximum absolute atomic E-state index is 6.72. The summed E-state index contributed by atoms with van der Waals surface area (Å²) in [4.78, 5) is 0. The first-order chi connectivity index (χ1) is 13.4. The largest absolute Gasteiger partial charge is 0.447 e. The molecule has 0 spiro atoms. The fourth-order valence-electron chi connectivity index (χ4n) is 2.24. The van der Waals surface area contributed by atoms with Crippen LogP contribution in [0, 0.1) is 0 Å². The molecule has 0 aromatic carbocycles. The van der Waals surface area contributed by atoms with Gasteiger partial charge in [-0.1, -0.05) is 87.7 Å². The summed E-state index contributed by atoms with van der Waals surface area (Å²) in [5.41, 5.74) is 0. The minimum atomic E-state index is -2.71. The molecule has 0 aromatic rings. The van der Waals surface area contributed by atoms with Crippen molar-refractivity contribution in [1.29, 1.82) is 0 Å². The van der Waals surface area contributed by atoms with Gasteiger partial charge in [-0.2, -0.15) is 0 Å². The molecule has 0 bridgehead atoms. The Morgan fingerprint density at radius 2 is 0.786 bits per heavy atom. The molecular formula is C20H42Cl2O4Si2. The molecule has 0 fully saturated rings. The average Bonchev–Trinajstić information content (AvgIpc) is 2.66. The fraction of sp³-hybridized carbons (Fsp3) is 0.900. The number of halogens is 2. The van der Waals surface area contributed by atoms with Crippen LogP contribution in [-0.2, 0) is 17.7 Å². The van der Waals surface area contributed by atoms with Crippen molar-refractivity contribution in [1.82, 2.24) is 0 Å². The van der Waals surface area contributed by atoms with Crippen molar-refractivity contribution in [2.75, 3.05) is 26.4 Å². The molecule has 0 heterocycles. The van der Waals surface area contributed by atoms with Crippen molar-refractivity contribution in [2.45, 2.75) is 91.1 Å². The molecule has 0 unspecified atom stereocenters. The van der Waals surface area contributed by atoms with Gasteiger partial charge in [0.25, 0.3) is 0 Å². The van der Waals surface area contributed by atoms with Crippen LogP contribution in [0.4, 0.5) is 0 Å². The molecule has 8 heteroatoms. The first-order valence-electron chi connectivity index (χ1n) is 11.0. The Balaban J connectivity index is 4.68. The lowest BCUT2D eigenvalue weighted by molar-refractivity contribution is 0.183. The van der Waals surface area contributed by atoms with E-state index in [0.717, 1.165) is 51.4 Å². The summed E-state index contributed by atoms with van der Waals surface area (Å²) < 4.78 is 23.8. The summed E-state index contributed by atoms with van der Waals surface area (Å²) in [6, 6.07) is 1.21. The zero-order valence-corrected chi connectivity index (χ0v) is 22.0. The second-order valence-corrected chi connectivity index (χ2v) is 15.1. The molecule has 0 saturated carbocycles. The van der Waals surface area contributed by atoms with Crippen molar-refractivity contribution in [2.24, 2.45) is 0 Å². The molecule has 0 atom stereocenters. The van der Waals surface area contributed by atoms with Crippen LogP contribution in [0.15, 0.2) is 12.2 Å². The monoisotopic (exact) mass is 472 g/mol. The van der Waals surface area contributed by atoms with Gasteiger partial charge in [-0.3, -0.25) is 0 Å². The minimum absolute atomic E-state index is 0.604. The molecule has 0 aliphatic heterocycles. The first-order valence-corrected chi connectivity index (χ1v) is 17.1. The molecule has 0 radical (unpaired) electrons. The normalized spacial score (nSPS) is 12.9. The molecule has 0 rings (SSSR count). The predicted octanol–water partition coefficient (Wildman–Crippen LogP) is 7.16. The first kappa shape index (κ1) is 28.6. The molecule has 0 N–H and O–H groups in total. The van der Waals surface area contributed by atoms with Crippen LogP contribution >= 0.6 is 22.2 Å². The van der Waals surface area contributed by atoms with E-state index in [-0.39, 0.29) is 0 Å². The molecule has 0 amide bonds. The van der Waals surface area contributed by atoms with Crippen molar-refractivity contribution >= 4 is 37.9 Å². The van der Waals surface area contributed by atoms with E-state index < -0.39 is 15.7 Å². The lowest BCUT2D eigenvalue weighted by Gasteiger charge is -2.24. The number of rotatable bonds is 20. The third-order valence-corrected chi connectivity index (χ3v) is 10.4. The van der Waals surface area contributed by atoms with E-state index in [2.05, 4.69) is 27.7 Å². The number of allylic oxidation sites excluding steroid dienone is 2. The van der Waals surface area contributed by atoms with E-state index in [1.165, 1.54) is 0 Å². The summed E-state index contributed by atoms with van der Waals surface area (Å²) in [6.45, 7) is 11.2. The second kappa shape index (κ2) is 18.4. The highest BCUT2D eigenvalue weighted by molar-refractivity contribution is 7.13. The Labute approximate surface area is 185 Å². The Morgan fingerprint density at radius 1 is 0.536 bits per heavy atom. The zero-order valence-electron chi connectivity index (χ0n) is 18.4. The number of unbranched alkanes of at least 4 members (excludes halogenated alkanes) is 4.